The number of piperidine rings is 1. The van der Waals surface area contributed by atoms with Crippen molar-refractivity contribution in [3.8, 4) is 17.2 Å². The molecule has 15 heteroatoms. The number of likely N-dealkylation sites (tertiary alicyclic amines) is 1. The largest absolute Gasteiger partial charge is 1.00 e. The van der Waals surface area contributed by atoms with Crippen LogP contribution in [0.2, 0.25) is 10.0 Å². The summed E-state index contributed by atoms with van der Waals surface area (Å²) in [7, 11) is 4.38. The Morgan fingerprint density at radius 3 is 2.22 bits per heavy atom. The van der Waals surface area contributed by atoms with Gasteiger partial charge in [-0.05, 0) is 87.2 Å². The molecule has 5 aromatic rings. The van der Waals surface area contributed by atoms with E-state index < -0.39 is 11.2 Å². The van der Waals surface area contributed by atoms with Gasteiger partial charge in [-0.1, -0.05) is 103 Å². The minimum atomic E-state index is -1.18. The van der Waals surface area contributed by atoms with Crippen LogP contribution in [0.5, 0.6) is 17.2 Å². The summed E-state index contributed by atoms with van der Waals surface area (Å²) in [6.45, 7) is 8.58. The van der Waals surface area contributed by atoms with E-state index in [2.05, 4.69) is 46.7 Å². The van der Waals surface area contributed by atoms with Crippen molar-refractivity contribution in [1.29, 1.82) is 0 Å². The van der Waals surface area contributed by atoms with Crippen LogP contribution in [0.3, 0.4) is 0 Å². The van der Waals surface area contributed by atoms with Crippen LogP contribution in [0.15, 0.2) is 108 Å². The molecule has 5 N–H and O–H groups in total. The fourth-order valence-corrected chi connectivity index (χ4v) is 9.03. The molecule has 4 aromatic carbocycles. The number of nitrogens with zero attached hydrogens (tertiary/aromatic N) is 3. The van der Waals surface area contributed by atoms with Gasteiger partial charge in [-0.15, -0.1) is 0 Å². The quantitative estimate of drug-likeness (QED) is 0.0349. The zero-order valence-corrected chi connectivity index (χ0v) is 42.3. The summed E-state index contributed by atoms with van der Waals surface area (Å²) in [5.41, 5.74) is 0.126. The van der Waals surface area contributed by atoms with E-state index >= 15 is 0 Å². The second-order valence-corrected chi connectivity index (χ2v) is 19.6. The highest BCUT2D eigenvalue weighted by Crippen LogP contribution is 2.44. The summed E-state index contributed by atoms with van der Waals surface area (Å²) in [5, 5.41) is 39.6. The molecule has 364 valence electrons. The Balaban J connectivity index is 0.000000247. The minimum Gasteiger partial charge on any atom is -1.00 e. The highest BCUT2D eigenvalue weighted by atomic mass is 79.9. The molecule has 0 radical (unpaired) electrons. The topological polar surface area (TPSA) is 150 Å². The fraction of sp³-hybridized carbons (Fsp3) is 0.462. The summed E-state index contributed by atoms with van der Waals surface area (Å²) in [6.07, 6.45) is 10.2. The van der Waals surface area contributed by atoms with Crippen LogP contribution < -0.4 is 37.1 Å². The average Bonchev–Trinajstić information content (AvgIpc) is 3.78. The first-order valence-electron chi connectivity index (χ1n) is 23.2. The normalized spacial score (nSPS) is 16.7. The van der Waals surface area contributed by atoms with Gasteiger partial charge < -0.3 is 61.3 Å². The highest BCUT2D eigenvalue weighted by molar-refractivity contribution is 6.32. The SMILES string of the molecule is CC(=O)Nc1cc(Cl)c(O)cc1OC[C@@](C)(O)CNC1CCN(Cc2ccc(Cl)cc2)CC1.C[N+](C)(CCCOc1ccccc1)Cc1cnc([C@](O)(c2ccccc2)C2CCCCC2)o1.[Br-]. The van der Waals surface area contributed by atoms with E-state index in [1.165, 1.54) is 31.0 Å². The molecule has 2 aliphatic rings. The van der Waals surface area contributed by atoms with Crippen molar-refractivity contribution < 1.29 is 55.5 Å². The predicted molar refractivity (Wildman–Crippen MR) is 261 cm³/mol. The highest BCUT2D eigenvalue weighted by Gasteiger charge is 2.45. The van der Waals surface area contributed by atoms with Gasteiger partial charge in [-0.25, -0.2) is 4.98 Å². The molecule has 1 aromatic heterocycles. The molecule has 67 heavy (non-hydrogen) atoms. The minimum absolute atomic E-state index is 0. The van der Waals surface area contributed by atoms with Crippen molar-refractivity contribution in [1.82, 2.24) is 15.2 Å². The number of quaternary nitrogens is 1. The Kier molecular flexibility index (Phi) is 20.4. The number of carbonyl (C=O) groups excluding carboxylic acids is 1. The molecule has 7 rings (SSSR count). The number of amides is 1. The number of aromatic hydroxyl groups is 1. The number of hydrogen-bond donors (Lipinski definition) is 5. The first-order chi connectivity index (χ1) is 31.6. The molecule has 0 spiro atoms. The van der Waals surface area contributed by atoms with Crippen molar-refractivity contribution in [3.63, 3.8) is 0 Å². The lowest BCUT2D eigenvalue weighted by Gasteiger charge is -2.36. The number of rotatable bonds is 19. The molecule has 1 aliphatic heterocycles. The van der Waals surface area contributed by atoms with Gasteiger partial charge in [0.25, 0.3) is 0 Å². The molecule has 1 saturated heterocycles. The second kappa shape index (κ2) is 25.4. The van der Waals surface area contributed by atoms with Gasteiger partial charge in [0.15, 0.2) is 11.4 Å². The monoisotopic (exact) mass is 1020 g/mol. The molecule has 2 fully saturated rings. The molecule has 2 atom stereocenters. The number of aliphatic hydroxyl groups is 2. The Hall–Kier alpha value is -4.18. The lowest BCUT2D eigenvalue weighted by atomic mass is 9.73. The van der Waals surface area contributed by atoms with Gasteiger partial charge in [0.2, 0.25) is 11.8 Å². The summed E-state index contributed by atoms with van der Waals surface area (Å²) in [4.78, 5) is 18.5. The molecular formula is C52H68BrCl2N5O7. The van der Waals surface area contributed by atoms with Crippen molar-refractivity contribution >= 4 is 34.8 Å². The van der Waals surface area contributed by atoms with Crippen LogP contribution in [0, 0.1) is 5.92 Å². The Morgan fingerprint density at radius 1 is 0.910 bits per heavy atom. The van der Waals surface area contributed by atoms with E-state index in [4.69, 9.17) is 37.1 Å². The maximum atomic E-state index is 12.0. The molecule has 1 aliphatic carbocycles. The van der Waals surface area contributed by atoms with E-state index in [1.807, 2.05) is 72.8 Å². The number of anilines is 1. The first kappa shape index (κ1) is 53.8. The van der Waals surface area contributed by atoms with Crippen molar-refractivity contribution in [2.45, 2.75) is 95.5 Å². The van der Waals surface area contributed by atoms with Crippen molar-refractivity contribution in [2.75, 3.05) is 58.8 Å². The molecule has 0 unspecified atom stereocenters. The maximum absolute atomic E-state index is 12.0. The van der Waals surface area contributed by atoms with Crippen LogP contribution >= 0.6 is 23.2 Å². The van der Waals surface area contributed by atoms with Gasteiger partial charge in [-0.3, -0.25) is 9.69 Å². The average molecular weight is 1030 g/mol. The van der Waals surface area contributed by atoms with Crippen LogP contribution in [0.4, 0.5) is 5.69 Å². The fourth-order valence-electron chi connectivity index (χ4n) is 8.74. The molecule has 1 amide bonds. The lowest BCUT2D eigenvalue weighted by Crippen LogP contribution is -3.00. The first-order valence-corrected chi connectivity index (χ1v) is 23.9. The number of para-hydroxylation sites is 1. The van der Waals surface area contributed by atoms with E-state index in [9.17, 15) is 20.1 Å². The summed E-state index contributed by atoms with van der Waals surface area (Å²) in [6, 6.07) is 30.8. The van der Waals surface area contributed by atoms with Gasteiger partial charge in [-0.2, -0.15) is 0 Å². The maximum Gasteiger partial charge on any atom is 0.231 e. The van der Waals surface area contributed by atoms with E-state index in [0.717, 1.165) is 97.7 Å². The number of aromatic nitrogens is 1. The third-order valence-electron chi connectivity index (χ3n) is 12.4. The molecule has 0 bridgehead atoms. The predicted octanol–water partition coefficient (Wildman–Crippen LogP) is 6.58. The van der Waals surface area contributed by atoms with Crippen LogP contribution in [-0.2, 0) is 23.5 Å². The lowest BCUT2D eigenvalue weighted by molar-refractivity contribution is -0.904. The van der Waals surface area contributed by atoms with Crippen molar-refractivity contribution in [3.05, 3.63) is 136 Å². The Morgan fingerprint density at radius 2 is 1.57 bits per heavy atom. The molecule has 2 heterocycles. The summed E-state index contributed by atoms with van der Waals surface area (Å²) in [5.74, 6) is 2.06. The van der Waals surface area contributed by atoms with Gasteiger partial charge in [0, 0.05) is 49.5 Å². The molecular weight excluding hydrogens is 957 g/mol. The zero-order valence-electron chi connectivity index (χ0n) is 39.2. The smallest absolute Gasteiger partial charge is 0.231 e. The van der Waals surface area contributed by atoms with Gasteiger partial charge in [0.05, 0.1) is 44.2 Å². The van der Waals surface area contributed by atoms with Crippen LogP contribution in [0.1, 0.15) is 88.0 Å². The van der Waals surface area contributed by atoms with Gasteiger partial charge >= 0.3 is 0 Å². The van der Waals surface area contributed by atoms with E-state index in [0.29, 0.717) is 37.3 Å². The number of hydrogen-bond acceptors (Lipinski definition) is 10. The number of benzene rings is 4. The summed E-state index contributed by atoms with van der Waals surface area (Å²) < 4.78 is 18.6. The third kappa shape index (κ3) is 16.5. The molecule has 12 nitrogen and oxygen atoms in total. The van der Waals surface area contributed by atoms with E-state index in [-0.39, 0.29) is 51.9 Å². The standard InChI is InChI=1S/C28H37N2O3.C24H31Cl2N3O4.BrH/c1-30(2,19-12-20-32-25-17-10-5-11-18-25)22-26-21-29-27(33-26)28(31,23-13-6-3-7-14-23)24-15-8-4-9-16-24;1-16(30)28-21-11-20(26)22(31)12-23(21)33-15-24(2,32)14-27-19-7-9-29(10-8-19)13-17-3-5-18(25)6-4-17;/h3,5-7,10-11,13-14,17-18,21,24,31H,4,8-9,12,15-16,19-20,22H2,1-2H3;3-6,11-12,19,27,31-32H,7-10,13-15H2,1-2H3,(H,28,30);1H/q+1;;/p-1/t28-;24-;/m00./s1. The number of oxazole rings is 1. The van der Waals surface area contributed by atoms with Crippen LogP contribution in [0.25, 0.3) is 0 Å². The van der Waals surface area contributed by atoms with E-state index in [1.54, 1.807) is 13.1 Å². The number of phenols is 1. The summed E-state index contributed by atoms with van der Waals surface area (Å²) >= 11 is 11.9. The number of nitrogens with one attached hydrogen (secondary N) is 2. The Labute approximate surface area is 417 Å². The zero-order chi connectivity index (χ0) is 47.2. The number of phenolic OH excluding ortho intramolecular Hbond substituents is 1. The number of ether oxygens (including phenoxy) is 2. The van der Waals surface area contributed by atoms with Crippen molar-refractivity contribution in [2.24, 2.45) is 5.92 Å². The molecule has 1 saturated carbocycles. The second-order valence-electron chi connectivity index (χ2n) is 18.8. The third-order valence-corrected chi connectivity index (χ3v) is 12.9. The number of halogens is 3. The van der Waals surface area contributed by atoms with Crippen LogP contribution in [-0.4, -0.2) is 101 Å². The Bertz CT molecular complexity index is 2250. The van der Waals surface area contributed by atoms with Gasteiger partial charge in [0.1, 0.15) is 36.0 Å². The number of carbonyl (C=O) groups is 1.